The lowest BCUT2D eigenvalue weighted by molar-refractivity contribution is -0.119. The van der Waals surface area contributed by atoms with E-state index in [0.29, 0.717) is 35.3 Å². The molecule has 2 saturated carbocycles. The standard InChI is InChI=1S/C29H36N4O2S/c34-28(30-24-12-6-2-7-13-24)21-36-29-32-31-27(33(29)25-14-8-3-9-15-25)20-35-26-18-16-23(17-19-26)22-10-4-1-5-11-22/h3,8-9,14-19,22,24H,1-2,4-7,10-13,20-21H2,(H,30,34). The summed E-state index contributed by atoms with van der Waals surface area (Å²) in [5.74, 6) is 2.62. The fourth-order valence-electron chi connectivity index (χ4n) is 5.39. The summed E-state index contributed by atoms with van der Waals surface area (Å²) in [7, 11) is 0. The van der Waals surface area contributed by atoms with E-state index in [1.165, 1.54) is 68.7 Å². The molecular weight excluding hydrogens is 468 g/mol. The third-order valence-electron chi connectivity index (χ3n) is 7.34. The van der Waals surface area contributed by atoms with Crippen LogP contribution in [-0.4, -0.2) is 32.5 Å². The Balaban J connectivity index is 1.24. The molecule has 2 fully saturated rings. The second kappa shape index (κ2) is 12.4. The summed E-state index contributed by atoms with van der Waals surface area (Å²) >= 11 is 1.42. The predicted octanol–water partition coefficient (Wildman–Crippen LogP) is 6.44. The first-order chi connectivity index (χ1) is 17.8. The van der Waals surface area contributed by atoms with E-state index in [4.69, 9.17) is 4.74 Å². The number of nitrogens with zero attached hydrogens (tertiary/aromatic N) is 3. The number of amides is 1. The zero-order valence-corrected chi connectivity index (χ0v) is 21.7. The van der Waals surface area contributed by atoms with Crippen LogP contribution in [-0.2, 0) is 11.4 Å². The first kappa shape index (κ1) is 24.9. The van der Waals surface area contributed by atoms with Crippen LogP contribution < -0.4 is 10.1 Å². The lowest BCUT2D eigenvalue weighted by Gasteiger charge is -2.22. The average Bonchev–Trinajstić information content (AvgIpc) is 3.35. The SMILES string of the molecule is O=C(CSc1nnc(COc2ccc(C3CCCCC3)cc2)n1-c1ccccc1)NC1CCCCC1. The van der Waals surface area contributed by atoms with Gasteiger partial charge in [-0.2, -0.15) is 0 Å². The maximum atomic E-state index is 12.6. The summed E-state index contributed by atoms with van der Waals surface area (Å²) in [6.07, 6.45) is 12.5. The highest BCUT2D eigenvalue weighted by atomic mass is 32.2. The monoisotopic (exact) mass is 504 g/mol. The van der Waals surface area contributed by atoms with E-state index in [2.05, 4.69) is 39.8 Å². The number of benzene rings is 2. The second-order valence-electron chi connectivity index (χ2n) is 9.95. The number of nitrogens with one attached hydrogen (secondary N) is 1. The van der Waals surface area contributed by atoms with Gasteiger partial charge in [-0.05, 0) is 61.4 Å². The Hall–Kier alpha value is -2.80. The van der Waals surface area contributed by atoms with Gasteiger partial charge >= 0.3 is 0 Å². The van der Waals surface area contributed by atoms with Crippen molar-refractivity contribution in [3.63, 3.8) is 0 Å². The topological polar surface area (TPSA) is 69.0 Å². The van der Waals surface area contributed by atoms with E-state index in [9.17, 15) is 4.79 Å². The maximum absolute atomic E-state index is 12.6. The van der Waals surface area contributed by atoms with Gasteiger partial charge in [-0.3, -0.25) is 9.36 Å². The number of carbonyl (C=O) groups excluding carboxylic acids is 1. The number of para-hydroxylation sites is 1. The van der Waals surface area contributed by atoms with Crippen molar-refractivity contribution >= 4 is 17.7 Å². The third-order valence-corrected chi connectivity index (χ3v) is 8.27. The van der Waals surface area contributed by atoms with Crippen LogP contribution in [0.25, 0.3) is 5.69 Å². The van der Waals surface area contributed by atoms with Crippen LogP contribution in [0.2, 0.25) is 0 Å². The molecule has 1 aromatic heterocycles. The Labute approximate surface area is 218 Å². The van der Waals surface area contributed by atoms with Crippen molar-refractivity contribution in [2.45, 2.75) is 87.9 Å². The molecular formula is C29H36N4O2S. The summed E-state index contributed by atoms with van der Waals surface area (Å²) in [4.78, 5) is 12.6. The zero-order valence-electron chi connectivity index (χ0n) is 20.9. The van der Waals surface area contributed by atoms with Crippen LogP contribution in [0.5, 0.6) is 5.75 Å². The predicted molar refractivity (Wildman–Crippen MR) is 144 cm³/mol. The minimum Gasteiger partial charge on any atom is -0.486 e. The normalized spacial score (nSPS) is 17.1. The number of carbonyl (C=O) groups is 1. The molecule has 2 aliphatic rings. The average molecular weight is 505 g/mol. The van der Waals surface area contributed by atoms with Crippen LogP contribution in [0.4, 0.5) is 0 Å². The summed E-state index contributed by atoms with van der Waals surface area (Å²) in [6.45, 7) is 0.305. The molecule has 1 amide bonds. The van der Waals surface area contributed by atoms with Gasteiger partial charge in [0.15, 0.2) is 11.0 Å². The molecule has 2 aliphatic carbocycles. The highest BCUT2D eigenvalue weighted by Crippen LogP contribution is 2.33. The molecule has 0 saturated heterocycles. The molecule has 6 nitrogen and oxygen atoms in total. The summed E-state index contributed by atoms with van der Waals surface area (Å²) in [5, 5.41) is 12.7. The van der Waals surface area contributed by atoms with Gasteiger partial charge in [-0.1, -0.05) is 80.6 Å². The Morgan fingerprint density at radius 3 is 2.31 bits per heavy atom. The van der Waals surface area contributed by atoms with Gasteiger partial charge in [0.05, 0.1) is 5.75 Å². The van der Waals surface area contributed by atoms with Crippen LogP contribution >= 0.6 is 11.8 Å². The van der Waals surface area contributed by atoms with Crippen molar-refractivity contribution in [2.75, 3.05) is 5.75 Å². The highest BCUT2D eigenvalue weighted by molar-refractivity contribution is 7.99. The van der Waals surface area contributed by atoms with E-state index in [0.717, 1.165) is 24.3 Å². The molecule has 7 heteroatoms. The van der Waals surface area contributed by atoms with E-state index in [1.807, 2.05) is 34.9 Å². The van der Waals surface area contributed by atoms with Crippen LogP contribution in [0.15, 0.2) is 59.8 Å². The maximum Gasteiger partial charge on any atom is 0.230 e. The third kappa shape index (κ3) is 6.49. The molecule has 3 aromatic rings. The molecule has 1 N–H and O–H groups in total. The van der Waals surface area contributed by atoms with Gasteiger partial charge in [0.2, 0.25) is 5.91 Å². The van der Waals surface area contributed by atoms with Crippen molar-refractivity contribution in [1.29, 1.82) is 0 Å². The van der Waals surface area contributed by atoms with Crippen molar-refractivity contribution in [3.05, 3.63) is 66.0 Å². The minimum absolute atomic E-state index is 0.0605. The van der Waals surface area contributed by atoms with Crippen molar-refractivity contribution < 1.29 is 9.53 Å². The quantitative estimate of drug-likeness (QED) is 0.340. The van der Waals surface area contributed by atoms with Crippen LogP contribution in [0.1, 0.15) is 81.5 Å². The van der Waals surface area contributed by atoms with Gasteiger partial charge < -0.3 is 10.1 Å². The lowest BCUT2D eigenvalue weighted by Crippen LogP contribution is -2.37. The number of ether oxygens (including phenoxy) is 1. The van der Waals surface area contributed by atoms with Crippen LogP contribution in [0, 0.1) is 0 Å². The smallest absolute Gasteiger partial charge is 0.230 e. The number of thioether (sulfide) groups is 1. The second-order valence-corrected chi connectivity index (χ2v) is 10.9. The van der Waals surface area contributed by atoms with Gasteiger partial charge in [0.25, 0.3) is 0 Å². The van der Waals surface area contributed by atoms with Gasteiger partial charge in [-0.25, -0.2) is 0 Å². The Kier molecular flexibility index (Phi) is 8.59. The molecule has 0 bridgehead atoms. The fourth-order valence-corrected chi connectivity index (χ4v) is 6.17. The molecule has 5 rings (SSSR count). The Bertz CT molecular complexity index is 1100. The number of hydrogen-bond donors (Lipinski definition) is 1. The van der Waals surface area contributed by atoms with Crippen molar-refractivity contribution in [3.8, 4) is 11.4 Å². The molecule has 1 heterocycles. The van der Waals surface area contributed by atoms with E-state index in [1.54, 1.807) is 0 Å². The molecule has 0 radical (unpaired) electrons. The molecule has 0 unspecified atom stereocenters. The number of rotatable bonds is 9. The minimum atomic E-state index is 0.0605. The lowest BCUT2D eigenvalue weighted by atomic mass is 9.84. The largest absolute Gasteiger partial charge is 0.486 e. The summed E-state index contributed by atoms with van der Waals surface area (Å²) in [5.41, 5.74) is 2.38. The van der Waals surface area contributed by atoms with Gasteiger partial charge in [-0.15, -0.1) is 10.2 Å². The van der Waals surface area contributed by atoms with Crippen molar-refractivity contribution in [2.24, 2.45) is 0 Å². The highest BCUT2D eigenvalue weighted by Gasteiger charge is 2.19. The zero-order chi connectivity index (χ0) is 24.6. The Morgan fingerprint density at radius 2 is 1.58 bits per heavy atom. The molecule has 36 heavy (non-hydrogen) atoms. The first-order valence-electron chi connectivity index (χ1n) is 13.4. The molecule has 0 aliphatic heterocycles. The van der Waals surface area contributed by atoms with Crippen molar-refractivity contribution in [1.82, 2.24) is 20.1 Å². The fraction of sp³-hybridized carbons (Fsp3) is 0.483. The summed E-state index contributed by atoms with van der Waals surface area (Å²) in [6, 6.07) is 18.9. The van der Waals surface area contributed by atoms with E-state index >= 15 is 0 Å². The summed E-state index contributed by atoms with van der Waals surface area (Å²) < 4.78 is 8.12. The molecule has 0 atom stereocenters. The van der Waals surface area contributed by atoms with E-state index < -0.39 is 0 Å². The Morgan fingerprint density at radius 1 is 0.889 bits per heavy atom. The number of aromatic nitrogens is 3. The number of hydrogen-bond acceptors (Lipinski definition) is 5. The van der Waals surface area contributed by atoms with Crippen LogP contribution in [0.3, 0.4) is 0 Å². The van der Waals surface area contributed by atoms with Gasteiger partial charge in [0.1, 0.15) is 12.4 Å². The van der Waals surface area contributed by atoms with E-state index in [-0.39, 0.29) is 5.91 Å². The molecule has 2 aromatic carbocycles. The molecule has 0 spiro atoms. The first-order valence-corrected chi connectivity index (χ1v) is 14.4. The molecule has 190 valence electrons. The van der Waals surface area contributed by atoms with Gasteiger partial charge in [0, 0.05) is 11.7 Å².